The van der Waals surface area contributed by atoms with Crippen LogP contribution in [0.3, 0.4) is 0 Å². The number of hydrogen-bond donors (Lipinski definition) is 0. The molecule has 1 saturated heterocycles. The summed E-state index contributed by atoms with van der Waals surface area (Å²) in [6, 6.07) is 0.211. The summed E-state index contributed by atoms with van der Waals surface area (Å²) < 4.78 is 40.1. The molecule has 1 unspecified atom stereocenters. The van der Waals surface area contributed by atoms with Crippen LogP contribution in [-0.4, -0.2) is 48.1 Å². The van der Waals surface area contributed by atoms with Crippen LogP contribution in [0.2, 0.25) is 0 Å². The van der Waals surface area contributed by atoms with Crippen molar-refractivity contribution in [2.45, 2.75) is 44.3 Å². The molecule has 0 aliphatic carbocycles. The molecule has 0 saturated carbocycles. The number of nitrogens with zero attached hydrogens (tertiary/aromatic N) is 1. The minimum atomic E-state index is -4.33. The third kappa shape index (κ3) is 6.61. The second-order valence-corrected chi connectivity index (χ2v) is 5.43. The third-order valence-electron chi connectivity index (χ3n) is 3.12. The van der Waals surface area contributed by atoms with Gasteiger partial charge in [-0.3, -0.25) is 4.79 Å². The Bertz CT molecular complexity index is 285. The van der Waals surface area contributed by atoms with Crippen molar-refractivity contribution in [3.05, 3.63) is 0 Å². The van der Waals surface area contributed by atoms with E-state index in [1.165, 1.54) is 0 Å². The molecule has 0 radical (unpaired) electrons. The summed E-state index contributed by atoms with van der Waals surface area (Å²) in [6.45, 7) is -0.753. The largest absolute Gasteiger partial charge is 0.411 e. The molecule has 7 heteroatoms. The average molecular weight is 346 g/mol. The van der Waals surface area contributed by atoms with E-state index in [9.17, 15) is 18.0 Å². The molecule has 1 aliphatic heterocycles. The number of carbonyl (C=O) groups excluding carboxylic acids is 1. The Hall–Kier alpha value is -0.300. The monoisotopic (exact) mass is 345 g/mol. The number of carbonyl (C=O) groups is 1. The van der Waals surface area contributed by atoms with Crippen LogP contribution in [0.5, 0.6) is 0 Å². The molecular formula is C12H19BrF3NO2. The van der Waals surface area contributed by atoms with Gasteiger partial charge in [0.2, 0.25) is 5.91 Å². The van der Waals surface area contributed by atoms with Crippen molar-refractivity contribution in [2.75, 3.05) is 25.1 Å². The minimum Gasteiger partial charge on any atom is -0.372 e. The highest BCUT2D eigenvalue weighted by atomic mass is 79.9. The fraction of sp³-hybridized carbons (Fsp3) is 0.917. The highest BCUT2D eigenvalue weighted by molar-refractivity contribution is 9.09. The van der Waals surface area contributed by atoms with Crippen LogP contribution in [0.15, 0.2) is 0 Å². The maximum atomic E-state index is 12.0. The lowest BCUT2D eigenvalue weighted by Gasteiger charge is -2.35. The van der Waals surface area contributed by atoms with Gasteiger partial charge in [0, 0.05) is 17.9 Å². The molecule has 0 aromatic carbocycles. The van der Waals surface area contributed by atoms with Crippen molar-refractivity contribution in [3.63, 3.8) is 0 Å². The Morgan fingerprint density at radius 3 is 2.74 bits per heavy atom. The fourth-order valence-corrected chi connectivity index (χ4v) is 2.77. The van der Waals surface area contributed by atoms with Crippen molar-refractivity contribution in [1.82, 2.24) is 4.90 Å². The highest BCUT2D eigenvalue weighted by Crippen LogP contribution is 2.21. The first-order valence-electron chi connectivity index (χ1n) is 6.44. The van der Waals surface area contributed by atoms with Gasteiger partial charge in [-0.25, -0.2) is 0 Å². The molecule has 0 bridgehead atoms. The number of ether oxygens (including phenoxy) is 1. The van der Waals surface area contributed by atoms with Crippen LogP contribution in [0, 0.1) is 0 Å². The van der Waals surface area contributed by atoms with Crippen LogP contribution in [-0.2, 0) is 9.53 Å². The van der Waals surface area contributed by atoms with Gasteiger partial charge in [0.1, 0.15) is 6.61 Å². The predicted molar refractivity (Wildman–Crippen MR) is 69.3 cm³/mol. The smallest absolute Gasteiger partial charge is 0.372 e. The molecule has 0 spiro atoms. The van der Waals surface area contributed by atoms with Crippen LogP contribution < -0.4 is 0 Å². The van der Waals surface area contributed by atoms with Crippen molar-refractivity contribution in [1.29, 1.82) is 0 Å². The summed E-state index contributed by atoms with van der Waals surface area (Å²) in [7, 11) is 0. The van der Waals surface area contributed by atoms with Crippen LogP contribution in [0.25, 0.3) is 0 Å². The second-order valence-electron chi connectivity index (χ2n) is 4.63. The number of halogens is 4. The van der Waals surface area contributed by atoms with Gasteiger partial charge in [0.05, 0.1) is 13.0 Å². The lowest BCUT2D eigenvalue weighted by Crippen LogP contribution is -2.44. The summed E-state index contributed by atoms with van der Waals surface area (Å²) in [6.07, 6.45) is -0.378. The third-order valence-corrected chi connectivity index (χ3v) is 3.57. The second kappa shape index (κ2) is 8.09. The number of piperidine rings is 1. The molecular weight excluding hydrogens is 327 g/mol. The zero-order chi connectivity index (χ0) is 14.3. The SMILES string of the molecule is O=C(CCOCC(F)(F)F)N1CCCCC1CCBr. The molecule has 0 N–H and O–H groups in total. The van der Waals surface area contributed by atoms with Gasteiger partial charge in [-0.2, -0.15) is 13.2 Å². The van der Waals surface area contributed by atoms with E-state index in [2.05, 4.69) is 20.7 Å². The van der Waals surface area contributed by atoms with E-state index in [1.807, 2.05) is 0 Å². The summed E-state index contributed by atoms with van der Waals surface area (Å²) in [5.41, 5.74) is 0. The van der Waals surface area contributed by atoms with E-state index in [1.54, 1.807) is 4.90 Å². The lowest BCUT2D eigenvalue weighted by atomic mass is 9.99. The van der Waals surface area contributed by atoms with E-state index in [4.69, 9.17) is 0 Å². The van der Waals surface area contributed by atoms with Crippen LogP contribution in [0.4, 0.5) is 13.2 Å². The number of hydrogen-bond acceptors (Lipinski definition) is 2. The first kappa shape index (κ1) is 16.8. The number of rotatable bonds is 6. The predicted octanol–water partition coefficient (Wildman–Crippen LogP) is 3.12. The molecule has 1 amide bonds. The molecule has 0 aromatic rings. The molecule has 1 aliphatic rings. The first-order chi connectivity index (χ1) is 8.94. The zero-order valence-electron chi connectivity index (χ0n) is 10.7. The zero-order valence-corrected chi connectivity index (χ0v) is 12.3. The van der Waals surface area contributed by atoms with Gasteiger partial charge < -0.3 is 9.64 Å². The number of amides is 1. The lowest BCUT2D eigenvalue weighted by molar-refractivity contribution is -0.175. The Morgan fingerprint density at radius 2 is 2.11 bits per heavy atom. The van der Waals surface area contributed by atoms with E-state index in [0.717, 1.165) is 31.0 Å². The Kier molecular flexibility index (Phi) is 7.13. The van der Waals surface area contributed by atoms with Gasteiger partial charge in [0.25, 0.3) is 0 Å². The highest BCUT2D eigenvalue weighted by Gasteiger charge is 2.28. The van der Waals surface area contributed by atoms with Crippen molar-refractivity contribution in [3.8, 4) is 0 Å². The van der Waals surface area contributed by atoms with Crippen LogP contribution in [0.1, 0.15) is 32.1 Å². The molecule has 1 heterocycles. The molecule has 0 aromatic heterocycles. The Morgan fingerprint density at radius 1 is 1.37 bits per heavy atom. The normalized spacial score (nSPS) is 20.6. The quantitative estimate of drug-likeness (QED) is 0.546. The van der Waals surface area contributed by atoms with E-state index in [0.29, 0.717) is 6.54 Å². The molecule has 1 fully saturated rings. The summed E-state index contributed by atoms with van der Waals surface area (Å²) >= 11 is 3.36. The van der Waals surface area contributed by atoms with E-state index < -0.39 is 12.8 Å². The molecule has 1 rings (SSSR count). The van der Waals surface area contributed by atoms with Crippen molar-refractivity contribution < 1.29 is 22.7 Å². The van der Waals surface area contributed by atoms with Gasteiger partial charge >= 0.3 is 6.18 Å². The topological polar surface area (TPSA) is 29.5 Å². The van der Waals surface area contributed by atoms with Gasteiger partial charge in [-0.1, -0.05) is 15.9 Å². The standard InChI is InChI=1S/C12H19BrF3NO2/c13-6-4-10-3-1-2-7-17(10)11(18)5-8-19-9-12(14,15)16/h10H,1-9H2. The van der Waals surface area contributed by atoms with E-state index in [-0.39, 0.29) is 25.0 Å². The Labute approximate surface area is 119 Å². The van der Waals surface area contributed by atoms with Gasteiger partial charge in [-0.05, 0) is 25.7 Å². The van der Waals surface area contributed by atoms with Crippen LogP contribution >= 0.6 is 15.9 Å². The number of alkyl halides is 4. The van der Waals surface area contributed by atoms with Crippen molar-refractivity contribution >= 4 is 21.8 Å². The summed E-state index contributed by atoms with van der Waals surface area (Å²) in [5, 5.41) is 0.825. The molecule has 112 valence electrons. The minimum absolute atomic E-state index is 0.0227. The van der Waals surface area contributed by atoms with Gasteiger partial charge in [0.15, 0.2) is 0 Å². The van der Waals surface area contributed by atoms with E-state index >= 15 is 0 Å². The number of likely N-dealkylation sites (tertiary alicyclic amines) is 1. The first-order valence-corrected chi connectivity index (χ1v) is 7.56. The Balaban J connectivity index is 2.30. The summed E-state index contributed by atoms with van der Waals surface area (Å²) in [5.74, 6) is -0.104. The molecule has 3 nitrogen and oxygen atoms in total. The molecule has 19 heavy (non-hydrogen) atoms. The maximum absolute atomic E-state index is 12.0. The fourth-order valence-electron chi connectivity index (χ4n) is 2.25. The summed E-state index contributed by atoms with van der Waals surface area (Å²) in [4.78, 5) is 13.8. The average Bonchev–Trinajstić information content (AvgIpc) is 2.34. The maximum Gasteiger partial charge on any atom is 0.411 e. The van der Waals surface area contributed by atoms with Gasteiger partial charge in [-0.15, -0.1) is 0 Å². The van der Waals surface area contributed by atoms with Crippen molar-refractivity contribution in [2.24, 2.45) is 0 Å². The molecule has 1 atom stereocenters.